The Morgan fingerprint density at radius 3 is 2.26 bits per heavy atom. The molecule has 0 saturated heterocycles. The number of hydrogen-bond acceptors (Lipinski definition) is 5. The SMILES string of the molecule is COC(C)OCOc1cc(C(O)C#Cc2ccc(CO)cc2)ccc1C12CC3CC(CC(C3)C1)C2. The summed E-state index contributed by atoms with van der Waals surface area (Å²) in [5, 5.41) is 20.1. The number of ether oxygens (including phenoxy) is 3. The first-order valence-electron chi connectivity index (χ1n) is 12.8. The van der Waals surface area contributed by atoms with Crippen LogP contribution in [0.3, 0.4) is 0 Å². The van der Waals surface area contributed by atoms with Gasteiger partial charge in [-0.05, 0) is 97.9 Å². The van der Waals surface area contributed by atoms with Gasteiger partial charge in [0, 0.05) is 18.2 Å². The van der Waals surface area contributed by atoms with Crippen molar-refractivity contribution in [3.8, 4) is 17.6 Å². The van der Waals surface area contributed by atoms with Crippen molar-refractivity contribution in [2.45, 2.75) is 69.9 Å². The lowest BCUT2D eigenvalue weighted by Crippen LogP contribution is -2.48. The lowest BCUT2D eigenvalue weighted by Gasteiger charge is -2.57. The van der Waals surface area contributed by atoms with Gasteiger partial charge in [0.25, 0.3) is 0 Å². The third-order valence-corrected chi connectivity index (χ3v) is 8.27. The summed E-state index contributed by atoms with van der Waals surface area (Å²) in [6.07, 6.45) is 6.57. The van der Waals surface area contributed by atoms with Gasteiger partial charge in [0.15, 0.2) is 13.1 Å². The van der Waals surface area contributed by atoms with Crippen LogP contribution in [-0.4, -0.2) is 30.4 Å². The first kappa shape index (κ1) is 24.3. The van der Waals surface area contributed by atoms with E-state index in [4.69, 9.17) is 14.2 Å². The molecule has 0 amide bonds. The summed E-state index contributed by atoms with van der Waals surface area (Å²) in [5.74, 6) is 9.26. The topological polar surface area (TPSA) is 68.2 Å². The first-order chi connectivity index (χ1) is 17.0. The molecule has 0 aliphatic heterocycles. The summed E-state index contributed by atoms with van der Waals surface area (Å²) in [5.41, 5.74) is 3.77. The first-order valence-corrected chi connectivity index (χ1v) is 12.8. The number of benzene rings is 2. The third kappa shape index (κ3) is 5.27. The zero-order valence-electron chi connectivity index (χ0n) is 20.7. The fourth-order valence-corrected chi connectivity index (χ4v) is 6.90. The zero-order valence-corrected chi connectivity index (χ0v) is 20.7. The third-order valence-electron chi connectivity index (χ3n) is 8.27. The molecule has 4 aliphatic carbocycles. The van der Waals surface area contributed by atoms with Gasteiger partial charge in [0.1, 0.15) is 11.9 Å². The maximum absolute atomic E-state index is 10.9. The molecule has 5 nitrogen and oxygen atoms in total. The molecule has 2 aromatic carbocycles. The van der Waals surface area contributed by atoms with Crippen LogP contribution in [0.25, 0.3) is 0 Å². The van der Waals surface area contributed by atoms with Crippen molar-refractivity contribution >= 4 is 0 Å². The monoisotopic (exact) mass is 476 g/mol. The second-order valence-electron chi connectivity index (χ2n) is 10.7. The van der Waals surface area contributed by atoms with Gasteiger partial charge in [-0.15, -0.1) is 0 Å². The Balaban J connectivity index is 1.40. The molecule has 4 aliphatic rings. The van der Waals surface area contributed by atoms with Gasteiger partial charge in [-0.25, -0.2) is 0 Å². The van der Waals surface area contributed by atoms with E-state index in [1.54, 1.807) is 7.11 Å². The minimum Gasteiger partial charge on any atom is -0.467 e. The van der Waals surface area contributed by atoms with Crippen LogP contribution in [-0.2, 0) is 21.5 Å². The molecule has 4 bridgehead atoms. The van der Waals surface area contributed by atoms with E-state index in [1.165, 1.54) is 44.1 Å². The van der Waals surface area contributed by atoms with Crippen molar-refractivity contribution in [1.29, 1.82) is 0 Å². The molecule has 2 aromatic rings. The number of rotatable bonds is 8. The molecule has 6 rings (SSSR count). The lowest BCUT2D eigenvalue weighted by molar-refractivity contribution is -0.150. The van der Waals surface area contributed by atoms with Crippen molar-refractivity contribution in [3.63, 3.8) is 0 Å². The van der Waals surface area contributed by atoms with Crippen LogP contribution in [0.5, 0.6) is 5.75 Å². The van der Waals surface area contributed by atoms with Crippen molar-refractivity contribution in [3.05, 3.63) is 64.7 Å². The highest BCUT2D eigenvalue weighted by Gasteiger charge is 2.52. The molecule has 5 heteroatoms. The minimum absolute atomic E-state index is 0.00205. The fraction of sp³-hybridized carbons (Fsp3) is 0.533. The highest BCUT2D eigenvalue weighted by atomic mass is 16.7. The van der Waals surface area contributed by atoms with Crippen LogP contribution < -0.4 is 4.74 Å². The van der Waals surface area contributed by atoms with E-state index in [-0.39, 0.29) is 25.1 Å². The zero-order chi connectivity index (χ0) is 24.4. The van der Waals surface area contributed by atoms with Crippen molar-refractivity contribution in [2.75, 3.05) is 13.9 Å². The van der Waals surface area contributed by atoms with Gasteiger partial charge >= 0.3 is 0 Å². The average molecular weight is 477 g/mol. The highest BCUT2D eigenvalue weighted by Crippen LogP contribution is 2.62. The largest absolute Gasteiger partial charge is 0.467 e. The van der Waals surface area contributed by atoms with Crippen LogP contribution in [0.15, 0.2) is 42.5 Å². The fourth-order valence-electron chi connectivity index (χ4n) is 6.90. The summed E-state index contributed by atoms with van der Waals surface area (Å²) >= 11 is 0. The van der Waals surface area contributed by atoms with Gasteiger partial charge < -0.3 is 24.4 Å². The molecule has 0 spiro atoms. The molecular weight excluding hydrogens is 440 g/mol. The second-order valence-corrected chi connectivity index (χ2v) is 10.7. The van der Waals surface area contributed by atoms with Crippen LogP contribution in [0.1, 0.15) is 73.8 Å². The summed E-state index contributed by atoms with van der Waals surface area (Å²) in [7, 11) is 1.61. The number of methoxy groups -OCH3 is 1. The number of aliphatic hydroxyl groups excluding tert-OH is 2. The Morgan fingerprint density at radius 1 is 1.00 bits per heavy atom. The van der Waals surface area contributed by atoms with E-state index in [0.29, 0.717) is 5.56 Å². The Kier molecular flexibility index (Phi) is 7.18. The standard InChI is InChI=1S/C30H36O5/c1-20(33-2)34-19-35-29-14-26(28(32)10-7-21-3-5-22(18-31)6-4-21)8-9-27(29)30-15-23-11-24(16-30)13-25(12-23)17-30/h3-6,8-9,14,20,23-25,28,31-32H,11-13,15-19H2,1-2H3. The van der Waals surface area contributed by atoms with Gasteiger partial charge in [-0.2, -0.15) is 0 Å². The van der Waals surface area contributed by atoms with E-state index in [9.17, 15) is 10.2 Å². The smallest absolute Gasteiger partial charge is 0.191 e. The van der Waals surface area contributed by atoms with Gasteiger partial charge in [-0.3, -0.25) is 0 Å². The van der Waals surface area contributed by atoms with Crippen molar-refractivity contribution in [1.82, 2.24) is 0 Å². The maximum atomic E-state index is 10.9. The van der Waals surface area contributed by atoms with Gasteiger partial charge in [0.05, 0.1) is 6.61 Å². The van der Waals surface area contributed by atoms with E-state index in [2.05, 4.69) is 17.9 Å². The van der Waals surface area contributed by atoms with E-state index in [0.717, 1.165) is 34.6 Å². The summed E-state index contributed by atoms with van der Waals surface area (Å²) < 4.78 is 17.0. The molecule has 4 saturated carbocycles. The van der Waals surface area contributed by atoms with E-state index >= 15 is 0 Å². The van der Waals surface area contributed by atoms with E-state index in [1.807, 2.05) is 43.3 Å². The van der Waals surface area contributed by atoms with Crippen molar-refractivity contribution < 1.29 is 24.4 Å². The minimum atomic E-state index is -0.931. The number of aliphatic hydroxyl groups is 2. The Morgan fingerprint density at radius 2 is 1.66 bits per heavy atom. The average Bonchev–Trinajstić information content (AvgIpc) is 2.86. The van der Waals surface area contributed by atoms with Crippen LogP contribution in [0.2, 0.25) is 0 Å². The molecule has 0 aromatic heterocycles. The normalized spacial score (nSPS) is 28.3. The number of hydrogen-bond donors (Lipinski definition) is 2. The maximum Gasteiger partial charge on any atom is 0.191 e. The Hall–Kier alpha value is -2.36. The molecule has 35 heavy (non-hydrogen) atoms. The molecule has 2 atom stereocenters. The second kappa shape index (κ2) is 10.3. The molecular formula is C30H36O5. The summed E-state index contributed by atoms with van der Waals surface area (Å²) in [4.78, 5) is 0. The van der Waals surface area contributed by atoms with Gasteiger partial charge in [-0.1, -0.05) is 36.1 Å². The molecule has 186 valence electrons. The Bertz CT molecular complexity index is 1040. The molecule has 0 radical (unpaired) electrons. The predicted octanol–water partition coefficient (Wildman–Crippen LogP) is 5.08. The van der Waals surface area contributed by atoms with E-state index < -0.39 is 6.10 Å². The lowest BCUT2D eigenvalue weighted by atomic mass is 9.48. The van der Waals surface area contributed by atoms with Crippen LogP contribution >= 0.6 is 0 Å². The summed E-state index contributed by atoms with van der Waals surface area (Å²) in [6, 6.07) is 13.5. The van der Waals surface area contributed by atoms with Crippen molar-refractivity contribution in [2.24, 2.45) is 17.8 Å². The Labute approximate surface area is 208 Å². The quantitative estimate of drug-likeness (QED) is 0.411. The molecule has 0 heterocycles. The molecule has 2 unspecified atom stereocenters. The summed E-state index contributed by atoms with van der Waals surface area (Å²) in [6.45, 7) is 1.94. The molecule has 2 N–H and O–H groups in total. The van der Waals surface area contributed by atoms with Gasteiger partial charge in [0.2, 0.25) is 0 Å². The highest BCUT2D eigenvalue weighted by molar-refractivity contribution is 5.46. The molecule has 4 fully saturated rings. The van der Waals surface area contributed by atoms with Crippen LogP contribution in [0, 0.1) is 29.6 Å². The van der Waals surface area contributed by atoms with Crippen LogP contribution in [0.4, 0.5) is 0 Å². The predicted molar refractivity (Wildman–Crippen MR) is 134 cm³/mol.